The third kappa shape index (κ3) is 6.14. The second-order valence-corrected chi connectivity index (χ2v) is 13.2. The van der Waals surface area contributed by atoms with Gasteiger partial charge in [0.15, 0.2) is 0 Å². The van der Waals surface area contributed by atoms with Gasteiger partial charge in [-0.3, -0.25) is 0 Å². The molecule has 0 atom stereocenters. The van der Waals surface area contributed by atoms with Crippen LogP contribution in [0.15, 0.2) is 145 Å². The van der Waals surface area contributed by atoms with Crippen LogP contribution in [0.2, 0.25) is 0 Å². The molecule has 7 aromatic rings. The summed E-state index contributed by atoms with van der Waals surface area (Å²) in [5.41, 5.74) is 13.4. The first-order valence-electron chi connectivity index (χ1n) is 17.8. The Labute approximate surface area is 316 Å². The van der Waals surface area contributed by atoms with Crippen LogP contribution in [0.1, 0.15) is 28.3 Å². The topological polar surface area (TPSA) is 118 Å². The number of benzene rings is 4. The molecular formula is C48H31N5O2. The Morgan fingerprint density at radius 3 is 1.31 bits per heavy atom. The molecule has 0 aliphatic carbocycles. The summed E-state index contributed by atoms with van der Waals surface area (Å²) in [6, 6.07) is 48.2. The van der Waals surface area contributed by atoms with Crippen molar-refractivity contribution < 1.29 is 9.90 Å². The molecule has 0 saturated carbocycles. The van der Waals surface area contributed by atoms with Crippen molar-refractivity contribution in [1.82, 2.24) is 19.9 Å². The van der Waals surface area contributed by atoms with Gasteiger partial charge in [0.25, 0.3) is 0 Å². The van der Waals surface area contributed by atoms with E-state index in [4.69, 9.17) is 9.97 Å². The number of nitrogens with one attached hydrogen (secondary N) is 2. The van der Waals surface area contributed by atoms with Gasteiger partial charge in [-0.1, -0.05) is 121 Å². The van der Waals surface area contributed by atoms with E-state index in [-0.39, 0.29) is 5.57 Å². The standard InChI is InChI=1S/C48H31N5O2/c49-29-35(48(54)55)27-34-28-42-45(32-17-9-3-10-18-32)40-24-23-38(51-40)43(30-13-5-1-6-14-30)36-21-22-37(50-36)44(31-15-7-2-8-16-31)39-25-26-41(52-39)46(47(34)53-42)33-19-11-4-12-20-33/h1-28,50,53H,(H,54,55). The van der Waals surface area contributed by atoms with Gasteiger partial charge in [0, 0.05) is 44.4 Å². The van der Waals surface area contributed by atoms with Crippen LogP contribution in [0.5, 0.6) is 0 Å². The molecule has 0 saturated heterocycles. The quantitative estimate of drug-likeness (QED) is 0.117. The fraction of sp³-hybridized carbons (Fsp3) is 0. The molecule has 2 aliphatic heterocycles. The van der Waals surface area contributed by atoms with E-state index in [1.54, 1.807) is 0 Å². The second kappa shape index (κ2) is 14.0. The number of hydrogen-bond acceptors (Lipinski definition) is 4. The third-order valence-corrected chi connectivity index (χ3v) is 9.80. The molecule has 7 nitrogen and oxygen atoms in total. The molecule has 5 heterocycles. The van der Waals surface area contributed by atoms with E-state index in [2.05, 4.69) is 46.4 Å². The summed E-state index contributed by atoms with van der Waals surface area (Å²) in [6.45, 7) is 0. The first-order valence-corrected chi connectivity index (χ1v) is 17.8. The zero-order valence-corrected chi connectivity index (χ0v) is 29.4. The van der Waals surface area contributed by atoms with E-state index in [1.165, 1.54) is 6.08 Å². The minimum atomic E-state index is -1.31. The van der Waals surface area contributed by atoms with E-state index in [0.717, 1.165) is 72.6 Å². The Balaban J connectivity index is 1.54. The van der Waals surface area contributed by atoms with Crippen LogP contribution in [-0.4, -0.2) is 31.0 Å². The number of nitrogens with zero attached hydrogens (tertiary/aromatic N) is 3. The normalized spacial score (nSPS) is 12.1. The highest BCUT2D eigenvalue weighted by Crippen LogP contribution is 2.39. The summed E-state index contributed by atoms with van der Waals surface area (Å²) in [6.07, 6.45) is 9.49. The first-order chi connectivity index (χ1) is 27.1. The molecule has 9 rings (SSSR count). The third-order valence-electron chi connectivity index (χ3n) is 9.80. The number of aromatic amines is 2. The van der Waals surface area contributed by atoms with Gasteiger partial charge in [0.05, 0.1) is 28.3 Å². The van der Waals surface area contributed by atoms with Gasteiger partial charge in [0.1, 0.15) is 11.6 Å². The number of hydrogen-bond donors (Lipinski definition) is 3. The highest BCUT2D eigenvalue weighted by molar-refractivity contribution is 6.04. The number of carbonyl (C=O) groups is 1. The van der Waals surface area contributed by atoms with E-state index in [1.807, 2.05) is 134 Å². The fourth-order valence-electron chi connectivity index (χ4n) is 7.35. The highest BCUT2D eigenvalue weighted by atomic mass is 16.4. The van der Waals surface area contributed by atoms with Gasteiger partial charge in [-0.15, -0.1) is 0 Å². The minimum Gasteiger partial charge on any atom is -0.477 e. The molecule has 0 fully saturated rings. The maximum Gasteiger partial charge on any atom is 0.346 e. The molecule has 2 aliphatic rings. The fourth-order valence-corrected chi connectivity index (χ4v) is 7.35. The Hall–Kier alpha value is -7.82. The van der Waals surface area contributed by atoms with Crippen molar-refractivity contribution in [1.29, 1.82) is 5.26 Å². The number of nitriles is 1. The molecule has 0 radical (unpaired) electrons. The van der Waals surface area contributed by atoms with E-state index in [0.29, 0.717) is 22.3 Å². The Bertz CT molecular complexity index is 2930. The lowest BCUT2D eigenvalue weighted by atomic mass is 10.0. The number of rotatable bonds is 6. The molecule has 7 heteroatoms. The molecule has 0 unspecified atom stereocenters. The van der Waals surface area contributed by atoms with Crippen molar-refractivity contribution in [2.45, 2.75) is 0 Å². The summed E-state index contributed by atoms with van der Waals surface area (Å²) in [7, 11) is 0. The predicted octanol–water partition coefficient (Wildman–Crippen LogP) is 11.3. The van der Waals surface area contributed by atoms with Crippen LogP contribution in [-0.2, 0) is 4.79 Å². The smallest absolute Gasteiger partial charge is 0.346 e. The summed E-state index contributed by atoms with van der Waals surface area (Å²) >= 11 is 0. The second-order valence-electron chi connectivity index (χ2n) is 13.2. The monoisotopic (exact) mass is 709 g/mol. The zero-order chi connectivity index (χ0) is 37.3. The van der Waals surface area contributed by atoms with E-state index < -0.39 is 5.97 Å². The number of carboxylic acid groups (broad SMARTS) is 1. The van der Waals surface area contributed by atoms with E-state index >= 15 is 0 Å². The predicted molar refractivity (Wildman–Crippen MR) is 222 cm³/mol. The number of carboxylic acids is 1. The van der Waals surface area contributed by atoms with Crippen LogP contribution < -0.4 is 0 Å². The zero-order valence-electron chi connectivity index (χ0n) is 29.4. The number of aromatic nitrogens is 4. The SMILES string of the molecule is N#CC(=Cc1cc2[nH]c1c(-c1ccccc1)c1nc(c(-c3ccccc3)c3ccc([nH]3)c(-c3ccccc3)c3nc(c2-c2ccccc2)C=C3)C=C1)C(=O)O. The molecule has 3 aromatic heterocycles. The lowest BCUT2D eigenvalue weighted by Gasteiger charge is -2.07. The lowest BCUT2D eigenvalue weighted by Crippen LogP contribution is -1.97. The molecule has 3 N–H and O–H groups in total. The maximum atomic E-state index is 12.3. The largest absolute Gasteiger partial charge is 0.477 e. The van der Waals surface area contributed by atoms with Gasteiger partial charge < -0.3 is 15.1 Å². The van der Waals surface area contributed by atoms with Gasteiger partial charge >= 0.3 is 5.97 Å². The molecule has 4 aromatic carbocycles. The molecule has 0 spiro atoms. The van der Waals surface area contributed by atoms with Crippen molar-refractivity contribution in [3.8, 4) is 50.6 Å². The number of fused-ring (bicyclic) bond motifs is 8. The van der Waals surface area contributed by atoms with Crippen molar-refractivity contribution in [2.24, 2.45) is 0 Å². The van der Waals surface area contributed by atoms with Gasteiger partial charge in [-0.05, 0) is 70.8 Å². The summed E-state index contributed by atoms with van der Waals surface area (Å²) in [5, 5.41) is 20.0. The summed E-state index contributed by atoms with van der Waals surface area (Å²) < 4.78 is 0. The molecule has 8 bridgehead atoms. The highest BCUT2D eigenvalue weighted by Gasteiger charge is 2.21. The van der Waals surface area contributed by atoms with Crippen LogP contribution in [0.4, 0.5) is 0 Å². The molecular weight excluding hydrogens is 679 g/mol. The van der Waals surface area contributed by atoms with Crippen LogP contribution in [0.25, 0.3) is 97.0 Å². The Morgan fingerprint density at radius 1 is 0.527 bits per heavy atom. The van der Waals surface area contributed by atoms with Crippen LogP contribution >= 0.6 is 0 Å². The van der Waals surface area contributed by atoms with Crippen molar-refractivity contribution in [2.75, 3.05) is 0 Å². The average Bonchev–Trinajstić information content (AvgIpc) is 4.06. The summed E-state index contributed by atoms with van der Waals surface area (Å²) in [4.78, 5) is 30.4. The molecule has 260 valence electrons. The van der Waals surface area contributed by atoms with Crippen molar-refractivity contribution in [3.05, 3.63) is 173 Å². The van der Waals surface area contributed by atoms with Crippen molar-refractivity contribution in [3.63, 3.8) is 0 Å². The first kappa shape index (κ1) is 33.0. The van der Waals surface area contributed by atoms with Crippen LogP contribution in [0.3, 0.4) is 0 Å². The van der Waals surface area contributed by atoms with Crippen LogP contribution in [0, 0.1) is 11.3 Å². The maximum absolute atomic E-state index is 12.3. The number of H-pyrrole nitrogens is 2. The van der Waals surface area contributed by atoms with E-state index in [9.17, 15) is 15.2 Å². The molecule has 55 heavy (non-hydrogen) atoms. The average molecular weight is 710 g/mol. The van der Waals surface area contributed by atoms with Gasteiger partial charge in [0.2, 0.25) is 0 Å². The summed E-state index contributed by atoms with van der Waals surface area (Å²) in [5.74, 6) is -1.31. The van der Waals surface area contributed by atoms with Crippen molar-refractivity contribution >= 4 is 58.4 Å². The Morgan fingerprint density at radius 2 is 0.909 bits per heavy atom. The van der Waals surface area contributed by atoms with Gasteiger partial charge in [-0.25, -0.2) is 14.8 Å². The lowest BCUT2D eigenvalue weighted by molar-refractivity contribution is -0.132. The number of aliphatic carboxylic acids is 1. The van der Waals surface area contributed by atoms with Gasteiger partial charge in [-0.2, -0.15) is 5.26 Å². The molecule has 0 amide bonds. The minimum absolute atomic E-state index is 0.389. The Kier molecular flexibility index (Phi) is 8.39.